The third kappa shape index (κ3) is 4.73. The smallest absolute Gasteiger partial charge is 0.411 e. The topological polar surface area (TPSA) is 67.9 Å². The van der Waals surface area contributed by atoms with Crippen molar-refractivity contribution in [1.29, 1.82) is 0 Å². The van der Waals surface area contributed by atoms with E-state index in [-0.39, 0.29) is 12.3 Å². The van der Waals surface area contributed by atoms with Gasteiger partial charge in [-0.1, -0.05) is 36.4 Å². The first-order valence-corrected chi connectivity index (χ1v) is 9.33. The van der Waals surface area contributed by atoms with Crippen molar-refractivity contribution in [1.82, 2.24) is 0 Å². The van der Waals surface area contributed by atoms with E-state index in [0.717, 1.165) is 11.4 Å². The molecule has 146 valence electrons. The molecule has 1 atom stereocenters. The van der Waals surface area contributed by atoms with Crippen LogP contribution < -0.4 is 15.0 Å². The van der Waals surface area contributed by atoms with E-state index < -0.39 is 12.2 Å². The molecule has 1 N–H and O–H groups in total. The predicted octanol–water partition coefficient (Wildman–Crippen LogP) is 4.83. The molecule has 2 amide bonds. The minimum absolute atomic E-state index is 0.0589. The number of anilines is 2. The number of carbonyl (C=O) groups excluding carboxylic acids is 2. The quantitative estimate of drug-likeness (QED) is 0.680. The molecule has 3 aromatic rings. The summed E-state index contributed by atoms with van der Waals surface area (Å²) in [5.74, 6) is 1.34. The first-order valence-electron chi connectivity index (χ1n) is 9.33. The third-order valence-electron chi connectivity index (χ3n) is 4.51. The van der Waals surface area contributed by atoms with Crippen LogP contribution in [0, 0.1) is 0 Å². The van der Waals surface area contributed by atoms with Crippen LogP contribution in [0.4, 0.5) is 16.2 Å². The van der Waals surface area contributed by atoms with Crippen LogP contribution in [0.15, 0.2) is 84.9 Å². The number of ether oxygens (including phenoxy) is 2. The number of amides is 2. The maximum atomic E-state index is 12.2. The van der Waals surface area contributed by atoms with Gasteiger partial charge in [-0.3, -0.25) is 10.1 Å². The highest BCUT2D eigenvalue weighted by atomic mass is 16.6. The van der Waals surface area contributed by atoms with Crippen LogP contribution in [0.1, 0.15) is 6.42 Å². The second-order valence-electron chi connectivity index (χ2n) is 6.64. The number of nitrogens with zero attached hydrogens (tertiary/aromatic N) is 1. The fourth-order valence-corrected chi connectivity index (χ4v) is 3.14. The van der Waals surface area contributed by atoms with Crippen LogP contribution in [-0.4, -0.2) is 24.6 Å². The van der Waals surface area contributed by atoms with Crippen LogP contribution in [0.3, 0.4) is 0 Å². The van der Waals surface area contributed by atoms with Crippen molar-refractivity contribution >= 4 is 23.4 Å². The molecule has 0 aliphatic carbocycles. The molecular formula is C23H20N2O4. The van der Waals surface area contributed by atoms with Gasteiger partial charge < -0.3 is 14.4 Å². The minimum atomic E-state index is -0.588. The Balaban J connectivity index is 1.30. The Morgan fingerprint density at radius 1 is 0.862 bits per heavy atom. The predicted molar refractivity (Wildman–Crippen MR) is 110 cm³/mol. The average Bonchev–Trinajstić information content (AvgIpc) is 3.10. The molecule has 4 rings (SSSR count). The monoisotopic (exact) mass is 388 g/mol. The van der Waals surface area contributed by atoms with Gasteiger partial charge in [0.2, 0.25) is 5.91 Å². The van der Waals surface area contributed by atoms with Gasteiger partial charge in [-0.15, -0.1) is 0 Å². The van der Waals surface area contributed by atoms with Gasteiger partial charge >= 0.3 is 6.09 Å². The molecular weight excluding hydrogens is 368 g/mol. The maximum Gasteiger partial charge on any atom is 0.411 e. The van der Waals surface area contributed by atoms with Crippen LogP contribution in [-0.2, 0) is 9.53 Å². The molecule has 6 nitrogen and oxygen atoms in total. The van der Waals surface area contributed by atoms with Gasteiger partial charge in [0, 0.05) is 11.4 Å². The first kappa shape index (κ1) is 18.6. The molecule has 1 aliphatic heterocycles. The number of carbonyl (C=O) groups is 2. The van der Waals surface area contributed by atoms with Crippen molar-refractivity contribution in [3.63, 3.8) is 0 Å². The molecule has 1 aliphatic rings. The third-order valence-corrected chi connectivity index (χ3v) is 4.51. The molecule has 29 heavy (non-hydrogen) atoms. The number of nitrogens with one attached hydrogen (secondary N) is 1. The summed E-state index contributed by atoms with van der Waals surface area (Å²) in [6.07, 6.45) is -0.899. The van der Waals surface area contributed by atoms with Gasteiger partial charge in [-0.2, -0.15) is 0 Å². The highest BCUT2D eigenvalue weighted by molar-refractivity contribution is 5.96. The van der Waals surface area contributed by atoms with Gasteiger partial charge in [0.05, 0.1) is 13.0 Å². The number of rotatable bonds is 5. The Hall–Kier alpha value is -3.80. The fourth-order valence-electron chi connectivity index (χ4n) is 3.14. The van der Waals surface area contributed by atoms with Crippen LogP contribution in [0.25, 0.3) is 0 Å². The van der Waals surface area contributed by atoms with Gasteiger partial charge in [-0.25, -0.2) is 4.79 Å². The Bertz CT molecular complexity index is 975. The lowest BCUT2D eigenvalue weighted by atomic mass is 10.3. The van der Waals surface area contributed by atoms with Gasteiger partial charge in [-0.05, 0) is 48.5 Å². The lowest BCUT2D eigenvalue weighted by Crippen LogP contribution is -2.27. The molecule has 6 heteroatoms. The Kier molecular flexibility index (Phi) is 5.42. The second kappa shape index (κ2) is 8.48. The first-order chi connectivity index (χ1) is 14.2. The molecule has 0 spiro atoms. The van der Waals surface area contributed by atoms with E-state index in [2.05, 4.69) is 5.32 Å². The molecule has 3 aromatic carbocycles. The van der Waals surface area contributed by atoms with E-state index in [9.17, 15) is 9.59 Å². The average molecular weight is 388 g/mol. The van der Waals surface area contributed by atoms with E-state index in [1.165, 1.54) is 0 Å². The van der Waals surface area contributed by atoms with Crippen molar-refractivity contribution in [3.05, 3.63) is 84.9 Å². The van der Waals surface area contributed by atoms with Crippen LogP contribution >= 0.6 is 0 Å². The lowest BCUT2D eigenvalue weighted by Gasteiger charge is -2.16. The zero-order valence-electron chi connectivity index (χ0n) is 15.7. The lowest BCUT2D eigenvalue weighted by molar-refractivity contribution is -0.117. The van der Waals surface area contributed by atoms with Crippen molar-refractivity contribution in [2.45, 2.75) is 12.5 Å². The molecule has 0 aromatic heterocycles. The summed E-state index contributed by atoms with van der Waals surface area (Å²) in [5, 5.41) is 2.68. The van der Waals surface area contributed by atoms with Crippen molar-refractivity contribution < 1.29 is 19.1 Å². The number of hydrogen-bond acceptors (Lipinski definition) is 4. The highest BCUT2D eigenvalue weighted by Gasteiger charge is 2.33. The second-order valence-corrected chi connectivity index (χ2v) is 6.64. The van der Waals surface area contributed by atoms with Gasteiger partial charge in [0.1, 0.15) is 17.6 Å². The summed E-state index contributed by atoms with van der Waals surface area (Å²) in [6.45, 7) is 0.347. The summed E-state index contributed by atoms with van der Waals surface area (Å²) < 4.78 is 11.1. The van der Waals surface area contributed by atoms with Gasteiger partial charge in [0.25, 0.3) is 0 Å². The molecule has 1 saturated heterocycles. The molecule has 1 fully saturated rings. The van der Waals surface area contributed by atoms with Crippen molar-refractivity contribution in [2.24, 2.45) is 0 Å². The molecule has 1 unspecified atom stereocenters. The summed E-state index contributed by atoms with van der Waals surface area (Å²) in [5.41, 5.74) is 1.39. The Morgan fingerprint density at radius 3 is 2.17 bits per heavy atom. The normalized spacial score (nSPS) is 15.8. The Morgan fingerprint density at radius 2 is 1.48 bits per heavy atom. The van der Waals surface area contributed by atoms with Crippen LogP contribution in [0.2, 0.25) is 0 Å². The Labute approximate surface area is 168 Å². The van der Waals surface area contributed by atoms with E-state index in [1.807, 2.05) is 60.7 Å². The minimum Gasteiger partial charge on any atom is -0.457 e. The highest BCUT2D eigenvalue weighted by Crippen LogP contribution is 2.24. The number of para-hydroxylation sites is 2. The zero-order valence-corrected chi connectivity index (χ0v) is 15.7. The summed E-state index contributed by atoms with van der Waals surface area (Å²) in [7, 11) is 0. The zero-order chi connectivity index (χ0) is 20.1. The summed E-state index contributed by atoms with van der Waals surface area (Å²) in [4.78, 5) is 26.0. The SMILES string of the molecule is O=C(Nc1ccc(Oc2ccccc2)cc1)OC1CC(=O)N(c2ccccc2)C1. The summed E-state index contributed by atoms with van der Waals surface area (Å²) in [6, 6.07) is 25.8. The van der Waals surface area contributed by atoms with Crippen molar-refractivity contribution in [3.8, 4) is 11.5 Å². The maximum absolute atomic E-state index is 12.2. The largest absolute Gasteiger partial charge is 0.457 e. The van der Waals surface area contributed by atoms with E-state index >= 15 is 0 Å². The fraction of sp³-hybridized carbons (Fsp3) is 0.130. The standard InChI is InChI=1S/C23H20N2O4/c26-22-15-21(16-25(22)18-7-3-1-4-8-18)29-23(27)24-17-11-13-20(14-12-17)28-19-9-5-2-6-10-19/h1-14,21H,15-16H2,(H,24,27). The van der Waals surface area contributed by atoms with Gasteiger partial charge in [0.15, 0.2) is 0 Å². The molecule has 1 heterocycles. The van der Waals surface area contributed by atoms with Crippen molar-refractivity contribution in [2.75, 3.05) is 16.8 Å². The van der Waals surface area contributed by atoms with Crippen LogP contribution in [0.5, 0.6) is 11.5 Å². The number of hydrogen-bond donors (Lipinski definition) is 1. The molecule has 0 bridgehead atoms. The summed E-state index contributed by atoms with van der Waals surface area (Å²) >= 11 is 0. The molecule has 0 saturated carbocycles. The van der Waals surface area contributed by atoms with E-state index in [4.69, 9.17) is 9.47 Å². The van der Waals surface area contributed by atoms with E-state index in [0.29, 0.717) is 18.0 Å². The van der Waals surface area contributed by atoms with E-state index in [1.54, 1.807) is 29.2 Å². The number of benzene rings is 3. The molecule has 0 radical (unpaired) electrons.